The molecule has 2 atom stereocenters. The van der Waals surface area contributed by atoms with E-state index in [0.717, 1.165) is 18.6 Å². The van der Waals surface area contributed by atoms with Crippen LogP contribution in [0.4, 0.5) is 11.5 Å². The van der Waals surface area contributed by atoms with Gasteiger partial charge in [0.2, 0.25) is 0 Å². The van der Waals surface area contributed by atoms with Crippen molar-refractivity contribution in [2.24, 2.45) is 11.7 Å². The quantitative estimate of drug-likeness (QED) is 0.529. The van der Waals surface area contributed by atoms with Crippen LogP contribution in [0.15, 0.2) is 29.9 Å². The number of aliphatic hydroxyl groups is 1. The van der Waals surface area contributed by atoms with Crippen LogP contribution in [0.2, 0.25) is 0 Å². The Kier molecular flexibility index (Phi) is 5.80. The molecule has 0 aliphatic carbocycles. The van der Waals surface area contributed by atoms with Gasteiger partial charge in [0.25, 0.3) is 5.91 Å². The highest BCUT2D eigenvalue weighted by Gasteiger charge is 2.28. The third-order valence-corrected chi connectivity index (χ3v) is 5.57. The summed E-state index contributed by atoms with van der Waals surface area (Å²) in [5, 5.41) is 26.9. The predicted octanol–water partition coefficient (Wildman–Crippen LogP) is 1.50. The fraction of sp³-hybridized carbons (Fsp3) is 0.400. The number of aromatic nitrogens is 2. The summed E-state index contributed by atoms with van der Waals surface area (Å²) in [5.74, 6) is 0.706. The van der Waals surface area contributed by atoms with Gasteiger partial charge in [0.1, 0.15) is 11.3 Å². The SMILES string of the molecule is C[C@H]1CCOC[C@@H]1n1cc(C(N)=O)c(Nc2ccc3c(c2)C=C(CCO)B(O)O3)n1. The number of nitrogens with two attached hydrogens (primary N) is 1. The molecule has 0 radical (unpaired) electrons. The maximum atomic E-state index is 12.0. The van der Waals surface area contributed by atoms with Crippen molar-refractivity contribution in [3.8, 4) is 5.75 Å². The highest BCUT2D eigenvalue weighted by atomic mass is 16.5. The van der Waals surface area contributed by atoms with Crippen molar-refractivity contribution in [1.82, 2.24) is 9.78 Å². The first-order valence-corrected chi connectivity index (χ1v) is 10.00. The molecule has 1 aromatic heterocycles. The number of carbonyl (C=O) groups is 1. The van der Waals surface area contributed by atoms with Crippen molar-refractivity contribution >= 4 is 30.6 Å². The second-order valence-corrected chi connectivity index (χ2v) is 7.68. The second kappa shape index (κ2) is 8.51. The Labute approximate surface area is 174 Å². The molecule has 1 aromatic carbocycles. The van der Waals surface area contributed by atoms with Crippen LogP contribution in [-0.2, 0) is 4.74 Å². The van der Waals surface area contributed by atoms with Crippen LogP contribution < -0.4 is 15.7 Å². The van der Waals surface area contributed by atoms with E-state index in [1.165, 1.54) is 0 Å². The van der Waals surface area contributed by atoms with E-state index < -0.39 is 13.0 Å². The number of hydrogen-bond acceptors (Lipinski definition) is 7. The zero-order valence-corrected chi connectivity index (χ0v) is 16.7. The number of hydrogen-bond donors (Lipinski definition) is 4. The molecule has 0 unspecified atom stereocenters. The first-order chi connectivity index (χ1) is 14.5. The van der Waals surface area contributed by atoms with Crippen LogP contribution >= 0.6 is 0 Å². The van der Waals surface area contributed by atoms with Crippen LogP contribution in [-0.4, -0.2) is 52.8 Å². The van der Waals surface area contributed by atoms with Crippen molar-refractivity contribution in [2.45, 2.75) is 25.8 Å². The van der Waals surface area contributed by atoms with Crippen LogP contribution in [0.3, 0.4) is 0 Å². The van der Waals surface area contributed by atoms with E-state index in [0.29, 0.717) is 47.2 Å². The van der Waals surface area contributed by atoms with Gasteiger partial charge in [-0.15, -0.1) is 0 Å². The number of nitrogens with one attached hydrogen (secondary N) is 1. The minimum Gasteiger partial charge on any atom is -0.532 e. The molecule has 30 heavy (non-hydrogen) atoms. The number of fused-ring (bicyclic) bond motifs is 1. The summed E-state index contributed by atoms with van der Waals surface area (Å²) >= 11 is 0. The maximum absolute atomic E-state index is 12.0. The van der Waals surface area contributed by atoms with E-state index in [-0.39, 0.29) is 12.6 Å². The lowest BCUT2D eigenvalue weighted by Crippen LogP contribution is -2.28. The Hall–Kier alpha value is -2.82. The molecule has 0 bridgehead atoms. The summed E-state index contributed by atoms with van der Waals surface area (Å²) in [5.41, 5.74) is 7.91. The average molecular weight is 412 g/mol. The normalized spacial score (nSPS) is 20.9. The average Bonchev–Trinajstić information content (AvgIpc) is 3.13. The molecule has 158 valence electrons. The van der Waals surface area contributed by atoms with E-state index in [1.807, 2.05) is 6.07 Å². The maximum Gasteiger partial charge on any atom is 0.555 e. The van der Waals surface area contributed by atoms with Gasteiger partial charge in [-0.2, -0.15) is 5.10 Å². The Morgan fingerprint density at radius 1 is 1.47 bits per heavy atom. The molecular formula is C20H25BN4O5. The van der Waals surface area contributed by atoms with Crippen molar-refractivity contribution in [3.63, 3.8) is 0 Å². The molecule has 1 saturated heterocycles. The first-order valence-electron chi connectivity index (χ1n) is 10.00. The van der Waals surface area contributed by atoms with Gasteiger partial charge >= 0.3 is 7.12 Å². The van der Waals surface area contributed by atoms with Crippen molar-refractivity contribution in [2.75, 3.05) is 25.1 Å². The minimum absolute atomic E-state index is 0.0368. The number of ether oxygens (including phenoxy) is 1. The molecule has 2 aliphatic heterocycles. The largest absolute Gasteiger partial charge is 0.555 e. The van der Waals surface area contributed by atoms with Crippen molar-refractivity contribution < 1.29 is 24.3 Å². The van der Waals surface area contributed by atoms with E-state index in [4.69, 9.17) is 20.2 Å². The van der Waals surface area contributed by atoms with Crippen molar-refractivity contribution in [3.05, 3.63) is 41.0 Å². The summed E-state index contributed by atoms with van der Waals surface area (Å²) in [7, 11) is -1.07. The van der Waals surface area contributed by atoms with Gasteiger partial charge in [0.05, 0.1) is 12.6 Å². The van der Waals surface area contributed by atoms with Gasteiger partial charge < -0.3 is 30.6 Å². The number of amides is 1. The number of primary amides is 1. The molecule has 10 heteroatoms. The standard InChI is InChI=1S/C20H25BN4O5/c1-12-5-7-29-11-17(12)25-10-16(19(22)27)20(24-25)23-15-2-3-18-13(9-15)8-14(4-6-26)21(28)30-18/h2-3,8-10,12,17,26,28H,4-7,11H2,1H3,(H2,22,27)(H,23,24)/t12-,17-/m0/s1. The smallest absolute Gasteiger partial charge is 0.532 e. The number of carbonyl (C=O) groups excluding carboxylic acids is 1. The van der Waals surface area contributed by atoms with E-state index >= 15 is 0 Å². The highest BCUT2D eigenvalue weighted by molar-refractivity contribution is 6.54. The van der Waals surface area contributed by atoms with Crippen LogP contribution in [0, 0.1) is 5.92 Å². The number of nitrogens with zero attached hydrogens (tertiary/aromatic N) is 2. The van der Waals surface area contributed by atoms with Gasteiger partial charge in [-0.25, -0.2) is 0 Å². The van der Waals surface area contributed by atoms with Gasteiger partial charge in [-0.3, -0.25) is 9.48 Å². The third kappa shape index (κ3) is 4.07. The Morgan fingerprint density at radius 3 is 3.03 bits per heavy atom. The molecule has 2 aliphatic rings. The first kappa shape index (κ1) is 20.5. The Balaban J connectivity index is 1.62. The summed E-state index contributed by atoms with van der Waals surface area (Å²) < 4.78 is 12.8. The summed E-state index contributed by atoms with van der Waals surface area (Å²) in [6.07, 6.45) is 4.70. The molecule has 2 aromatic rings. The lowest BCUT2D eigenvalue weighted by molar-refractivity contribution is 0.0238. The Morgan fingerprint density at radius 2 is 2.30 bits per heavy atom. The minimum atomic E-state index is -1.07. The monoisotopic (exact) mass is 412 g/mol. The topological polar surface area (TPSA) is 132 Å². The van der Waals surface area contributed by atoms with E-state index in [9.17, 15) is 9.82 Å². The summed E-state index contributed by atoms with van der Waals surface area (Å²) in [6, 6.07) is 5.36. The molecule has 4 rings (SSSR count). The lowest BCUT2D eigenvalue weighted by Gasteiger charge is -2.28. The molecule has 5 N–H and O–H groups in total. The Bertz CT molecular complexity index is 976. The molecule has 0 saturated carbocycles. The zero-order chi connectivity index (χ0) is 21.3. The predicted molar refractivity (Wildman–Crippen MR) is 112 cm³/mol. The molecule has 1 amide bonds. The summed E-state index contributed by atoms with van der Waals surface area (Å²) in [6.45, 7) is 3.32. The van der Waals surface area contributed by atoms with Crippen LogP contribution in [0.1, 0.15) is 41.7 Å². The lowest BCUT2D eigenvalue weighted by atomic mass is 9.74. The number of rotatable bonds is 6. The number of anilines is 2. The van der Waals surface area contributed by atoms with Gasteiger partial charge in [0.15, 0.2) is 5.82 Å². The molecule has 9 nitrogen and oxygen atoms in total. The third-order valence-electron chi connectivity index (χ3n) is 5.57. The zero-order valence-electron chi connectivity index (χ0n) is 16.7. The van der Waals surface area contributed by atoms with Gasteiger partial charge in [-0.05, 0) is 42.4 Å². The second-order valence-electron chi connectivity index (χ2n) is 7.68. The number of benzene rings is 1. The van der Waals surface area contributed by atoms with Crippen molar-refractivity contribution in [1.29, 1.82) is 0 Å². The highest BCUT2D eigenvalue weighted by Crippen LogP contribution is 2.33. The molecule has 0 spiro atoms. The molecule has 3 heterocycles. The van der Waals surface area contributed by atoms with E-state index in [2.05, 4.69) is 17.3 Å². The van der Waals surface area contributed by atoms with Crippen LogP contribution in [0.25, 0.3) is 6.08 Å². The molecular weight excluding hydrogens is 387 g/mol. The summed E-state index contributed by atoms with van der Waals surface area (Å²) in [4.78, 5) is 12.0. The van der Waals surface area contributed by atoms with E-state index in [1.54, 1.807) is 29.1 Å². The van der Waals surface area contributed by atoms with Crippen LogP contribution in [0.5, 0.6) is 5.75 Å². The fourth-order valence-corrected chi connectivity index (χ4v) is 3.78. The fourth-order valence-electron chi connectivity index (χ4n) is 3.78. The number of aliphatic hydroxyl groups excluding tert-OH is 1. The van der Waals surface area contributed by atoms with Gasteiger partial charge in [-0.1, -0.05) is 13.0 Å². The van der Waals surface area contributed by atoms with Gasteiger partial charge in [0, 0.05) is 30.7 Å². The molecule has 1 fully saturated rings.